The van der Waals surface area contributed by atoms with Gasteiger partial charge in [0.25, 0.3) is 5.89 Å². The summed E-state index contributed by atoms with van der Waals surface area (Å²) in [6.45, 7) is 0.528. The minimum absolute atomic E-state index is 0.0649. The molecule has 1 saturated heterocycles. The van der Waals surface area contributed by atoms with Crippen molar-refractivity contribution in [1.29, 1.82) is 0 Å². The van der Waals surface area contributed by atoms with Gasteiger partial charge in [-0.2, -0.15) is 4.98 Å². The van der Waals surface area contributed by atoms with Crippen LogP contribution in [0.1, 0.15) is 35.7 Å². The number of carbonyl (C=O) groups excluding carboxylic acids is 1. The van der Waals surface area contributed by atoms with Crippen LogP contribution < -0.4 is 4.90 Å². The Morgan fingerprint density at radius 3 is 2.89 bits per heavy atom. The summed E-state index contributed by atoms with van der Waals surface area (Å²) in [6.07, 6.45) is 3.73. The number of hydrogen-bond acceptors (Lipinski definition) is 4. The van der Waals surface area contributed by atoms with Crippen molar-refractivity contribution in [2.45, 2.75) is 31.6 Å². The van der Waals surface area contributed by atoms with Crippen molar-refractivity contribution in [3.05, 3.63) is 65.2 Å². The number of nitrogens with zero attached hydrogens (tertiary/aromatic N) is 3. The molecule has 2 aromatic carbocycles. The van der Waals surface area contributed by atoms with Crippen LogP contribution in [0.5, 0.6) is 0 Å². The van der Waals surface area contributed by atoms with Crippen molar-refractivity contribution in [2.75, 3.05) is 11.4 Å². The zero-order chi connectivity index (χ0) is 18.4. The van der Waals surface area contributed by atoms with Crippen LogP contribution in [0.2, 0.25) is 0 Å². The molecule has 27 heavy (non-hydrogen) atoms. The number of carbonyl (C=O) groups is 1. The second-order valence-corrected chi connectivity index (χ2v) is 7.18. The average Bonchev–Trinajstić information content (AvgIpc) is 3.40. The Bertz CT molecular complexity index is 1030. The van der Waals surface area contributed by atoms with Gasteiger partial charge in [-0.05, 0) is 60.7 Å². The van der Waals surface area contributed by atoms with Crippen molar-refractivity contribution >= 4 is 11.6 Å². The van der Waals surface area contributed by atoms with Crippen molar-refractivity contribution in [1.82, 2.24) is 10.1 Å². The number of benzene rings is 2. The zero-order valence-electron chi connectivity index (χ0n) is 14.7. The van der Waals surface area contributed by atoms with E-state index in [4.69, 9.17) is 4.52 Å². The van der Waals surface area contributed by atoms with Gasteiger partial charge >= 0.3 is 0 Å². The van der Waals surface area contributed by atoms with Crippen LogP contribution in [-0.4, -0.2) is 22.6 Å². The summed E-state index contributed by atoms with van der Waals surface area (Å²) in [4.78, 5) is 18.8. The van der Waals surface area contributed by atoms with Gasteiger partial charge in [-0.1, -0.05) is 17.3 Å². The van der Waals surface area contributed by atoms with E-state index >= 15 is 0 Å². The summed E-state index contributed by atoms with van der Waals surface area (Å²) < 4.78 is 18.7. The second kappa shape index (κ2) is 6.30. The van der Waals surface area contributed by atoms with Gasteiger partial charge in [0, 0.05) is 30.1 Å². The molecule has 1 amide bonds. The molecule has 6 heteroatoms. The highest BCUT2D eigenvalue weighted by Crippen LogP contribution is 2.34. The van der Waals surface area contributed by atoms with Crippen molar-refractivity contribution in [2.24, 2.45) is 0 Å². The van der Waals surface area contributed by atoms with Crippen LogP contribution in [0.25, 0.3) is 11.5 Å². The average molecular weight is 363 g/mol. The van der Waals surface area contributed by atoms with Crippen LogP contribution in [0, 0.1) is 5.82 Å². The highest BCUT2D eigenvalue weighted by atomic mass is 19.1. The Morgan fingerprint density at radius 1 is 1.11 bits per heavy atom. The lowest BCUT2D eigenvalue weighted by Gasteiger charge is -2.17. The summed E-state index contributed by atoms with van der Waals surface area (Å²) >= 11 is 0. The summed E-state index contributed by atoms with van der Waals surface area (Å²) in [5, 5.41) is 4.04. The van der Waals surface area contributed by atoms with Crippen LogP contribution in [0.3, 0.4) is 0 Å². The first-order chi connectivity index (χ1) is 13.2. The Kier molecular flexibility index (Phi) is 3.77. The Labute approximate surface area is 155 Å². The lowest BCUT2D eigenvalue weighted by atomic mass is 10.1. The van der Waals surface area contributed by atoms with Gasteiger partial charge in [-0.15, -0.1) is 0 Å². The maximum atomic E-state index is 13.4. The fourth-order valence-electron chi connectivity index (χ4n) is 4.00. The van der Waals surface area contributed by atoms with E-state index in [1.165, 1.54) is 29.7 Å². The SMILES string of the molecule is O=C1CC(c2noc(-c3cccc(F)c3)n2)CN1c1ccc2c(c1)CCC2. The van der Waals surface area contributed by atoms with Gasteiger partial charge in [0.05, 0.1) is 0 Å². The molecule has 1 unspecified atom stereocenters. The summed E-state index contributed by atoms with van der Waals surface area (Å²) in [5.74, 6) is 0.345. The number of fused-ring (bicyclic) bond motifs is 1. The molecule has 1 aliphatic carbocycles. The molecule has 5 rings (SSSR count). The molecule has 1 aromatic heterocycles. The Hall–Kier alpha value is -3.02. The van der Waals surface area contributed by atoms with Gasteiger partial charge in [0.1, 0.15) is 5.82 Å². The van der Waals surface area contributed by atoms with Gasteiger partial charge in [0.2, 0.25) is 5.91 Å². The molecule has 1 aliphatic heterocycles. The van der Waals surface area contributed by atoms with E-state index in [0.717, 1.165) is 18.5 Å². The molecule has 0 radical (unpaired) electrons. The third-order valence-corrected chi connectivity index (χ3v) is 5.40. The van der Waals surface area contributed by atoms with Gasteiger partial charge in [0.15, 0.2) is 5.82 Å². The summed E-state index contributed by atoms with van der Waals surface area (Å²) in [6, 6.07) is 12.3. The molecule has 3 aromatic rings. The normalized spacial score (nSPS) is 18.9. The molecular weight excluding hydrogens is 345 g/mol. The van der Waals surface area contributed by atoms with Crippen molar-refractivity contribution in [3.63, 3.8) is 0 Å². The zero-order valence-corrected chi connectivity index (χ0v) is 14.7. The van der Waals surface area contributed by atoms with Crippen LogP contribution in [0.4, 0.5) is 10.1 Å². The maximum absolute atomic E-state index is 13.4. The number of anilines is 1. The number of aromatic nitrogens is 2. The lowest BCUT2D eigenvalue weighted by molar-refractivity contribution is -0.117. The molecule has 0 spiro atoms. The fraction of sp³-hybridized carbons (Fsp3) is 0.286. The van der Waals surface area contributed by atoms with E-state index in [0.29, 0.717) is 24.4 Å². The first kappa shape index (κ1) is 16.2. The maximum Gasteiger partial charge on any atom is 0.258 e. The van der Waals surface area contributed by atoms with Crippen LogP contribution in [-0.2, 0) is 17.6 Å². The lowest BCUT2D eigenvalue weighted by Crippen LogP contribution is -2.24. The topological polar surface area (TPSA) is 59.2 Å². The highest BCUT2D eigenvalue weighted by molar-refractivity contribution is 5.96. The van der Waals surface area contributed by atoms with Gasteiger partial charge in [-0.3, -0.25) is 4.79 Å². The van der Waals surface area contributed by atoms with Crippen LogP contribution >= 0.6 is 0 Å². The molecule has 1 atom stereocenters. The quantitative estimate of drug-likeness (QED) is 0.708. The first-order valence-corrected chi connectivity index (χ1v) is 9.19. The summed E-state index contributed by atoms with van der Waals surface area (Å²) in [5.41, 5.74) is 4.21. The molecule has 0 bridgehead atoms. The smallest absolute Gasteiger partial charge is 0.258 e. The highest BCUT2D eigenvalue weighted by Gasteiger charge is 2.35. The molecule has 2 heterocycles. The third-order valence-electron chi connectivity index (χ3n) is 5.40. The molecular formula is C21H18FN3O2. The molecule has 0 saturated carbocycles. The second-order valence-electron chi connectivity index (χ2n) is 7.18. The van der Waals surface area contributed by atoms with Gasteiger partial charge < -0.3 is 9.42 Å². The molecule has 1 fully saturated rings. The number of halogens is 1. The fourth-order valence-corrected chi connectivity index (χ4v) is 4.00. The number of rotatable bonds is 3. The Morgan fingerprint density at radius 2 is 2.00 bits per heavy atom. The van der Waals surface area contributed by atoms with Crippen molar-refractivity contribution < 1.29 is 13.7 Å². The predicted molar refractivity (Wildman–Crippen MR) is 97.9 cm³/mol. The van der Waals surface area contributed by atoms with Crippen molar-refractivity contribution in [3.8, 4) is 11.5 Å². The molecule has 5 nitrogen and oxygen atoms in total. The van der Waals surface area contributed by atoms with E-state index < -0.39 is 0 Å². The predicted octanol–water partition coefficient (Wildman–Crippen LogP) is 3.88. The van der Waals surface area contributed by atoms with Crippen LogP contribution in [0.15, 0.2) is 47.0 Å². The minimum atomic E-state index is -0.355. The number of amides is 1. The molecule has 136 valence electrons. The first-order valence-electron chi connectivity index (χ1n) is 9.19. The Balaban J connectivity index is 1.38. The molecule has 2 aliphatic rings. The standard InChI is InChI=1S/C21H18FN3O2/c22-17-6-2-5-15(9-17)21-23-20(24-27-21)16-11-19(26)25(12-16)18-8-7-13-3-1-4-14(13)10-18/h2,5-10,16H,1,3-4,11-12H2. The monoisotopic (exact) mass is 363 g/mol. The minimum Gasteiger partial charge on any atom is -0.334 e. The summed E-state index contributed by atoms with van der Waals surface area (Å²) in [7, 11) is 0. The number of hydrogen-bond donors (Lipinski definition) is 0. The van der Waals surface area contributed by atoms with E-state index in [1.807, 2.05) is 11.0 Å². The van der Waals surface area contributed by atoms with Gasteiger partial charge in [-0.25, -0.2) is 4.39 Å². The largest absolute Gasteiger partial charge is 0.334 e. The van der Waals surface area contributed by atoms with E-state index in [2.05, 4.69) is 22.3 Å². The van der Waals surface area contributed by atoms with E-state index in [1.54, 1.807) is 12.1 Å². The third kappa shape index (κ3) is 2.91. The molecule has 0 N–H and O–H groups in total. The van der Waals surface area contributed by atoms with E-state index in [9.17, 15) is 9.18 Å². The number of aryl methyl sites for hydroxylation is 2. The van der Waals surface area contributed by atoms with E-state index in [-0.39, 0.29) is 23.5 Å².